The Balaban J connectivity index is 2.21. The highest BCUT2D eigenvalue weighted by Gasteiger charge is 2.27. The fourth-order valence-corrected chi connectivity index (χ4v) is 2.46. The van der Waals surface area contributed by atoms with Crippen LogP contribution < -0.4 is 10.2 Å². The van der Waals surface area contributed by atoms with Crippen LogP contribution in [0.4, 0.5) is 10.1 Å². The van der Waals surface area contributed by atoms with Crippen LogP contribution in [0.15, 0.2) is 18.2 Å². The first-order valence-electron chi connectivity index (χ1n) is 6.75. The molecule has 2 nitrogen and oxygen atoms in total. The Kier molecular flexibility index (Phi) is 3.91. The molecule has 18 heavy (non-hydrogen) atoms. The molecule has 0 bridgehead atoms. The number of halogens is 1. The van der Waals surface area contributed by atoms with Crippen molar-refractivity contribution in [1.82, 2.24) is 5.32 Å². The number of hydrogen-bond donors (Lipinski definition) is 1. The zero-order chi connectivity index (χ0) is 13.3. The molecule has 0 amide bonds. The molecule has 1 N–H and O–H groups in total. The topological polar surface area (TPSA) is 15.3 Å². The van der Waals surface area contributed by atoms with Crippen LogP contribution in [-0.2, 0) is 0 Å². The van der Waals surface area contributed by atoms with Crippen LogP contribution in [0.25, 0.3) is 0 Å². The van der Waals surface area contributed by atoms with Crippen molar-refractivity contribution in [1.29, 1.82) is 0 Å². The number of anilines is 1. The third-order valence-corrected chi connectivity index (χ3v) is 3.89. The van der Waals surface area contributed by atoms with E-state index in [-0.39, 0.29) is 5.82 Å². The number of benzene rings is 1. The first-order valence-corrected chi connectivity index (χ1v) is 6.75. The van der Waals surface area contributed by atoms with Gasteiger partial charge in [0.1, 0.15) is 5.82 Å². The Morgan fingerprint density at radius 3 is 2.72 bits per heavy atom. The first kappa shape index (κ1) is 13.3. The zero-order valence-corrected chi connectivity index (χ0v) is 11.7. The van der Waals surface area contributed by atoms with Gasteiger partial charge in [-0.1, -0.05) is 19.9 Å². The summed E-state index contributed by atoms with van der Waals surface area (Å²) in [4.78, 5) is 2.31. The molecule has 100 valence electrons. The SMILES string of the molecule is Cc1ccc(N2CC(C(C)C)NCC2C)cc1F. The molecule has 0 radical (unpaired) electrons. The van der Waals surface area contributed by atoms with Crippen LogP contribution in [0.2, 0.25) is 0 Å². The molecule has 2 unspecified atom stereocenters. The minimum atomic E-state index is -0.112. The zero-order valence-electron chi connectivity index (χ0n) is 11.7. The second-order valence-corrected chi connectivity index (χ2v) is 5.69. The lowest BCUT2D eigenvalue weighted by Crippen LogP contribution is -2.57. The average molecular weight is 250 g/mol. The van der Waals surface area contributed by atoms with Crippen LogP contribution in [0.1, 0.15) is 26.3 Å². The van der Waals surface area contributed by atoms with Gasteiger partial charge in [0.05, 0.1) is 0 Å². The standard InChI is InChI=1S/C15H23FN2/c1-10(2)15-9-18(12(4)8-17-15)13-6-5-11(3)14(16)7-13/h5-7,10,12,15,17H,8-9H2,1-4H3. The van der Waals surface area contributed by atoms with Crippen molar-refractivity contribution in [3.63, 3.8) is 0 Å². The van der Waals surface area contributed by atoms with E-state index >= 15 is 0 Å². The maximum absolute atomic E-state index is 13.7. The summed E-state index contributed by atoms with van der Waals surface area (Å²) in [6, 6.07) is 6.43. The van der Waals surface area contributed by atoms with Gasteiger partial charge in [-0.15, -0.1) is 0 Å². The molecule has 1 aliphatic heterocycles. The van der Waals surface area contributed by atoms with Crippen molar-refractivity contribution in [3.8, 4) is 0 Å². The molecule has 0 saturated carbocycles. The van der Waals surface area contributed by atoms with Crippen molar-refractivity contribution in [2.45, 2.75) is 39.8 Å². The van der Waals surface area contributed by atoms with Gasteiger partial charge in [-0.05, 0) is 37.5 Å². The summed E-state index contributed by atoms with van der Waals surface area (Å²) in [5.74, 6) is 0.481. The van der Waals surface area contributed by atoms with Crippen LogP contribution in [-0.4, -0.2) is 25.2 Å². The molecule has 0 aromatic heterocycles. The minimum absolute atomic E-state index is 0.112. The third kappa shape index (κ3) is 2.66. The lowest BCUT2D eigenvalue weighted by atomic mass is 9.99. The molecule has 0 spiro atoms. The van der Waals surface area contributed by atoms with E-state index in [1.807, 2.05) is 12.1 Å². The van der Waals surface area contributed by atoms with Crippen molar-refractivity contribution in [3.05, 3.63) is 29.6 Å². The third-order valence-electron chi connectivity index (χ3n) is 3.89. The quantitative estimate of drug-likeness (QED) is 0.868. The maximum Gasteiger partial charge on any atom is 0.128 e. The predicted molar refractivity (Wildman–Crippen MR) is 74.6 cm³/mol. The molecular formula is C15H23FN2. The molecule has 1 heterocycles. The summed E-state index contributed by atoms with van der Waals surface area (Å²) in [6.07, 6.45) is 0. The highest BCUT2D eigenvalue weighted by molar-refractivity contribution is 5.49. The molecule has 1 aliphatic rings. The first-order chi connectivity index (χ1) is 8.49. The lowest BCUT2D eigenvalue weighted by molar-refractivity contribution is 0.337. The van der Waals surface area contributed by atoms with Gasteiger partial charge in [0, 0.05) is 30.9 Å². The van der Waals surface area contributed by atoms with Gasteiger partial charge in [0.25, 0.3) is 0 Å². The Morgan fingerprint density at radius 2 is 2.11 bits per heavy atom. The molecule has 3 heteroatoms. The minimum Gasteiger partial charge on any atom is -0.366 e. The van der Waals surface area contributed by atoms with Gasteiger partial charge >= 0.3 is 0 Å². The van der Waals surface area contributed by atoms with Crippen LogP contribution in [0, 0.1) is 18.7 Å². The van der Waals surface area contributed by atoms with E-state index < -0.39 is 0 Å². The number of nitrogens with zero attached hydrogens (tertiary/aromatic N) is 1. The van der Waals surface area contributed by atoms with Crippen molar-refractivity contribution < 1.29 is 4.39 Å². The largest absolute Gasteiger partial charge is 0.366 e. The molecular weight excluding hydrogens is 227 g/mol. The van der Waals surface area contributed by atoms with Gasteiger partial charge in [0.15, 0.2) is 0 Å². The Hall–Kier alpha value is -1.09. The van der Waals surface area contributed by atoms with Crippen molar-refractivity contribution >= 4 is 5.69 Å². The van der Waals surface area contributed by atoms with Crippen LogP contribution in [0.3, 0.4) is 0 Å². The van der Waals surface area contributed by atoms with Crippen LogP contribution in [0.5, 0.6) is 0 Å². The highest BCUT2D eigenvalue weighted by atomic mass is 19.1. The molecule has 2 rings (SSSR count). The van der Waals surface area contributed by atoms with Crippen molar-refractivity contribution in [2.24, 2.45) is 5.92 Å². The number of hydrogen-bond acceptors (Lipinski definition) is 2. The summed E-state index contributed by atoms with van der Waals surface area (Å²) in [7, 11) is 0. The average Bonchev–Trinajstić information content (AvgIpc) is 2.33. The molecule has 1 fully saturated rings. The molecule has 1 aromatic carbocycles. The van der Waals surface area contributed by atoms with Gasteiger partial charge < -0.3 is 10.2 Å². The number of rotatable bonds is 2. The number of piperazine rings is 1. The fourth-order valence-electron chi connectivity index (χ4n) is 2.46. The summed E-state index contributed by atoms with van der Waals surface area (Å²) >= 11 is 0. The molecule has 1 aromatic rings. The summed E-state index contributed by atoms with van der Waals surface area (Å²) < 4.78 is 13.7. The normalized spacial score (nSPS) is 24.7. The number of nitrogens with one attached hydrogen (secondary N) is 1. The van der Waals surface area contributed by atoms with Crippen molar-refractivity contribution in [2.75, 3.05) is 18.0 Å². The number of aryl methyl sites for hydroxylation is 1. The maximum atomic E-state index is 13.7. The molecule has 0 aliphatic carbocycles. The van der Waals surface area contributed by atoms with Gasteiger partial charge in [0.2, 0.25) is 0 Å². The van der Waals surface area contributed by atoms with E-state index in [4.69, 9.17) is 0 Å². The second kappa shape index (κ2) is 5.27. The van der Waals surface area contributed by atoms with Gasteiger partial charge in [-0.3, -0.25) is 0 Å². The van der Waals surface area contributed by atoms with Gasteiger partial charge in [-0.2, -0.15) is 0 Å². The monoisotopic (exact) mass is 250 g/mol. The highest BCUT2D eigenvalue weighted by Crippen LogP contribution is 2.23. The van der Waals surface area contributed by atoms with Crippen LogP contribution >= 0.6 is 0 Å². The van der Waals surface area contributed by atoms with E-state index in [1.165, 1.54) is 0 Å². The lowest BCUT2D eigenvalue weighted by Gasteiger charge is -2.42. The predicted octanol–water partition coefficient (Wildman–Crippen LogP) is 2.96. The van der Waals surface area contributed by atoms with E-state index in [0.29, 0.717) is 23.6 Å². The Bertz CT molecular complexity index is 417. The van der Waals surface area contributed by atoms with E-state index in [2.05, 4.69) is 31.0 Å². The molecule has 2 atom stereocenters. The van der Waals surface area contributed by atoms with E-state index in [9.17, 15) is 4.39 Å². The van der Waals surface area contributed by atoms with E-state index in [0.717, 1.165) is 18.8 Å². The van der Waals surface area contributed by atoms with E-state index in [1.54, 1.807) is 13.0 Å². The van der Waals surface area contributed by atoms with Gasteiger partial charge in [-0.25, -0.2) is 4.39 Å². The smallest absolute Gasteiger partial charge is 0.128 e. The molecule has 1 saturated heterocycles. The summed E-state index contributed by atoms with van der Waals surface area (Å²) in [5.41, 5.74) is 1.71. The Morgan fingerprint density at radius 1 is 1.39 bits per heavy atom. The summed E-state index contributed by atoms with van der Waals surface area (Å²) in [5, 5.41) is 3.56. The Labute approximate surface area is 109 Å². The second-order valence-electron chi connectivity index (χ2n) is 5.69. The fraction of sp³-hybridized carbons (Fsp3) is 0.600. The summed E-state index contributed by atoms with van der Waals surface area (Å²) in [6.45, 7) is 10.3.